The topological polar surface area (TPSA) is 78.0 Å². The maximum Gasteiger partial charge on any atom is 0.407 e. The van der Waals surface area contributed by atoms with Crippen LogP contribution in [0.25, 0.3) is 0 Å². The Kier molecular flexibility index (Phi) is 12.9. The number of guanidine groups is 1. The van der Waals surface area contributed by atoms with E-state index >= 15 is 0 Å². The highest BCUT2D eigenvalue weighted by atomic mass is 127. The largest absolute Gasteiger partial charge is 0.444 e. The van der Waals surface area contributed by atoms with Gasteiger partial charge in [0.05, 0.1) is 0 Å². The highest BCUT2D eigenvalue weighted by Crippen LogP contribution is 2.16. The Balaban J connectivity index is 0.00000480. The molecule has 0 aliphatic carbocycles. The summed E-state index contributed by atoms with van der Waals surface area (Å²) in [6.07, 6.45) is 4.37. The van der Waals surface area contributed by atoms with Crippen LogP contribution in [-0.2, 0) is 17.8 Å². The van der Waals surface area contributed by atoms with E-state index < -0.39 is 5.60 Å². The zero-order valence-corrected chi connectivity index (χ0v) is 21.8. The molecule has 1 amide bonds. The van der Waals surface area contributed by atoms with Crippen LogP contribution in [0.4, 0.5) is 4.79 Å². The summed E-state index contributed by atoms with van der Waals surface area (Å²) in [5.41, 5.74) is 2.21. The molecule has 1 aromatic rings. The lowest BCUT2D eigenvalue weighted by atomic mass is 10.0. The van der Waals surface area contributed by atoms with Crippen molar-refractivity contribution in [1.82, 2.24) is 20.9 Å². The van der Waals surface area contributed by atoms with Crippen LogP contribution in [0.15, 0.2) is 29.3 Å². The number of hydrogen-bond donors (Lipinski definition) is 3. The number of rotatable bonds is 8. The molecule has 31 heavy (non-hydrogen) atoms. The molecule has 1 heterocycles. The van der Waals surface area contributed by atoms with Crippen molar-refractivity contribution < 1.29 is 9.53 Å². The van der Waals surface area contributed by atoms with Crippen LogP contribution in [0.1, 0.15) is 57.6 Å². The first-order valence-electron chi connectivity index (χ1n) is 11.1. The van der Waals surface area contributed by atoms with Crippen molar-refractivity contribution in [2.45, 2.75) is 65.1 Å². The van der Waals surface area contributed by atoms with Gasteiger partial charge in [-0.05, 0) is 64.3 Å². The number of alkyl carbamates (subject to hydrolysis) is 1. The van der Waals surface area contributed by atoms with Crippen molar-refractivity contribution in [3.05, 3.63) is 35.4 Å². The molecule has 0 saturated carbocycles. The van der Waals surface area contributed by atoms with Gasteiger partial charge in [0.2, 0.25) is 0 Å². The average molecular weight is 546 g/mol. The molecule has 7 nitrogen and oxygen atoms in total. The number of carbonyl (C=O) groups is 1. The summed E-state index contributed by atoms with van der Waals surface area (Å²) in [4.78, 5) is 18.5. The second-order valence-electron chi connectivity index (χ2n) is 8.74. The summed E-state index contributed by atoms with van der Waals surface area (Å²) in [5.74, 6) is 0.764. The van der Waals surface area contributed by atoms with E-state index in [2.05, 4.69) is 50.1 Å². The van der Waals surface area contributed by atoms with Gasteiger partial charge >= 0.3 is 6.09 Å². The van der Waals surface area contributed by atoms with E-state index in [4.69, 9.17) is 4.74 Å². The minimum absolute atomic E-state index is 0. The van der Waals surface area contributed by atoms with Crippen molar-refractivity contribution >= 4 is 36.0 Å². The number of piperidine rings is 1. The molecule has 0 aromatic heterocycles. The van der Waals surface area contributed by atoms with Crippen LogP contribution in [0.3, 0.4) is 0 Å². The van der Waals surface area contributed by atoms with Crippen molar-refractivity contribution in [1.29, 1.82) is 0 Å². The van der Waals surface area contributed by atoms with Crippen LogP contribution >= 0.6 is 24.0 Å². The number of nitrogens with one attached hydrogen (secondary N) is 3. The van der Waals surface area contributed by atoms with Crippen molar-refractivity contribution in [2.24, 2.45) is 4.99 Å². The third kappa shape index (κ3) is 11.6. The quantitative estimate of drug-likeness (QED) is 0.200. The Morgan fingerprint density at radius 3 is 2.32 bits per heavy atom. The molecule has 1 fully saturated rings. The predicted octanol–water partition coefficient (Wildman–Crippen LogP) is 3.87. The lowest BCUT2D eigenvalue weighted by molar-refractivity contribution is 0.0527. The standard InChI is InChI=1S/C23H39N5O2.HI/c1-23(2,3)30-22(29)26-14-10-13-25-21(24-4)27-17-19-11-6-7-12-20(19)18-28-15-8-5-9-16-28;/h6-7,11-12H,5,8-10,13-18H2,1-4H3,(H,26,29)(H2,24,25,27);1H. The molecule has 8 heteroatoms. The van der Waals surface area contributed by atoms with E-state index in [1.807, 2.05) is 20.8 Å². The van der Waals surface area contributed by atoms with Gasteiger partial charge in [-0.1, -0.05) is 30.7 Å². The van der Waals surface area contributed by atoms with Gasteiger partial charge in [0.15, 0.2) is 5.96 Å². The zero-order valence-electron chi connectivity index (χ0n) is 19.5. The fraction of sp³-hybridized carbons (Fsp3) is 0.652. The minimum Gasteiger partial charge on any atom is -0.444 e. The Morgan fingerprint density at radius 1 is 1.03 bits per heavy atom. The number of ether oxygens (including phenoxy) is 1. The van der Waals surface area contributed by atoms with Crippen molar-refractivity contribution in [3.63, 3.8) is 0 Å². The maximum atomic E-state index is 11.7. The molecule has 2 rings (SSSR count). The summed E-state index contributed by atoms with van der Waals surface area (Å²) >= 11 is 0. The van der Waals surface area contributed by atoms with Gasteiger partial charge in [-0.25, -0.2) is 4.79 Å². The molecular weight excluding hydrogens is 505 g/mol. The van der Waals surface area contributed by atoms with E-state index in [1.54, 1.807) is 7.05 Å². The van der Waals surface area contributed by atoms with E-state index in [0.717, 1.165) is 25.5 Å². The van der Waals surface area contributed by atoms with Gasteiger partial charge in [-0.15, -0.1) is 24.0 Å². The highest BCUT2D eigenvalue weighted by molar-refractivity contribution is 14.0. The Morgan fingerprint density at radius 2 is 1.68 bits per heavy atom. The number of carbonyl (C=O) groups excluding carboxylic acids is 1. The normalized spacial score (nSPS) is 15.0. The molecular formula is C23H40IN5O2. The van der Waals surface area contributed by atoms with E-state index in [0.29, 0.717) is 13.1 Å². The van der Waals surface area contributed by atoms with Gasteiger partial charge < -0.3 is 20.7 Å². The summed E-state index contributed by atoms with van der Waals surface area (Å²) in [6, 6.07) is 8.62. The van der Waals surface area contributed by atoms with Crippen LogP contribution in [0, 0.1) is 0 Å². The first-order valence-corrected chi connectivity index (χ1v) is 11.1. The molecule has 1 saturated heterocycles. The molecule has 1 aromatic carbocycles. The van der Waals surface area contributed by atoms with Crippen LogP contribution in [0.5, 0.6) is 0 Å². The fourth-order valence-corrected chi connectivity index (χ4v) is 3.44. The first-order chi connectivity index (χ1) is 14.4. The molecule has 1 aliphatic rings. The van der Waals surface area contributed by atoms with E-state index in [1.165, 1.54) is 43.5 Å². The van der Waals surface area contributed by atoms with Gasteiger partial charge in [-0.3, -0.25) is 9.89 Å². The summed E-state index contributed by atoms with van der Waals surface area (Å²) < 4.78 is 5.23. The Bertz CT molecular complexity index is 685. The van der Waals surface area contributed by atoms with Crippen molar-refractivity contribution in [3.8, 4) is 0 Å². The lowest BCUT2D eigenvalue weighted by Crippen LogP contribution is -2.39. The number of aliphatic imine (C=N–C) groups is 1. The van der Waals surface area contributed by atoms with Crippen molar-refractivity contribution in [2.75, 3.05) is 33.2 Å². The zero-order chi connectivity index (χ0) is 21.8. The summed E-state index contributed by atoms with van der Waals surface area (Å²) in [5, 5.41) is 9.47. The van der Waals surface area contributed by atoms with Crippen LogP contribution in [0.2, 0.25) is 0 Å². The smallest absolute Gasteiger partial charge is 0.407 e. The molecule has 3 N–H and O–H groups in total. The number of benzene rings is 1. The number of amides is 1. The highest BCUT2D eigenvalue weighted by Gasteiger charge is 2.15. The molecule has 176 valence electrons. The van der Waals surface area contributed by atoms with Gasteiger partial charge in [0, 0.05) is 33.2 Å². The number of likely N-dealkylation sites (tertiary alicyclic amines) is 1. The number of halogens is 1. The Hall–Kier alpha value is -1.55. The number of nitrogens with zero attached hydrogens (tertiary/aromatic N) is 2. The molecule has 1 aliphatic heterocycles. The molecule has 0 unspecified atom stereocenters. The number of hydrogen-bond acceptors (Lipinski definition) is 4. The molecule has 0 radical (unpaired) electrons. The van der Waals surface area contributed by atoms with E-state index in [9.17, 15) is 4.79 Å². The summed E-state index contributed by atoms with van der Waals surface area (Å²) in [7, 11) is 1.77. The lowest BCUT2D eigenvalue weighted by Gasteiger charge is -2.27. The third-order valence-corrected chi connectivity index (χ3v) is 4.95. The van der Waals surface area contributed by atoms with Crippen LogP contribution < -0.4 is 16.0 Å². The molecule has 0 bridgehead atoms. The monoisotopic (exact) mass is 545 g/mol. The molecule has 0 atom stereocenters. The van der Waals surface area contributed by atoms with Gasteiger partial charge in [0.1, 0.15) is 5.60 Å². The van der Waals surface area contributed by atoms with Gasteiger partial charge in [-0.2, -0.15) is 0 Å². The van der Waals surface area contributed by atoms with E-state index in [-0.39, 0.29) is 30.1 Å². The average Bonchev–Trinajstić information content (AvgIpc) is 2.70. The fourth-order valence-electron chi connectivity index (χ4n) is 3.44. The second-order valence-corrected chi connectivity index (χ2v) is 8.74. The third-order valence-electron chi connectivity index (χ3n) is 4.95. The second kappa shape index (κ2) is 14.5. The van der Waals surface area contributed by atoms with Crippen LogP contribution in [-0.4, -0.2) is 55.8 Å². The summed E-state index contributed by atoms with van der Waals surface area (Å²) in [6.45, 7) is 11.0. The first kappa shape index (κ1) is 27.5. The Labute approximate surface area is 204 Å². The SMILES string of the molecule is CN=C(NCCCNC(=O)OC(C)(C)C)NCc1ccccc1CN1CCCCC1.I. The molecule has 0 spiro atoms. The maximum absolute atomic E-state index is 11.7. The predicted molar refractivity (Wildman–Crippen MR) is 138 cm³/mol. The van der Waals surface area contributed by atoms with Gasteiger partial charge in [0.25, 0.3) is 0 Å². The minimum atomic E-state index is -0.474.